The van der Waals surface area contributed by atoms with E-state index in [1.54, 1.807) is 12.5 Å². The molecule has 0 aromatic carbocycles. The minimum Gasteiger partial charge on any atom is -0.370 e. The van der Waals surface area contributed by atoms with Gasteiger partial charge in [0, 0.05) is 45.8 Å². The fraction of sp³-hybridized carbons (Fsp3) is 0.611. The maximum absolute atomic E-state index is 11.4. The van der Waals surface area contributed by atoms with Crippen LogP contribution in [0.3, 0.4) is 0 Å². The number of anilines is 2. The van der Waals surface area contributed by atoms with Crippen LogP contribution in [0.4, 0.5) is 11.8 Å². The largest absolute Gasteiger partial charge is 0.370 e. The average Bonchev–Trinajstić information content (AvgIpc) is 2.63. The lowest BCUT2D eigenvalue weighted by Crippen LogP contribution is -2.48. The quantitative estimate of drug-likeness (QED) is 0.841. The first-order chi connectivity index (χ1) is 11.7. The molecule has 0 bridgehead atoms. The molecule has 0 spiro atoms. The van der Waals surface area contributed by atoms with Crippen molar-refractivity contribution in [3.05, 3.63) is 23.9 Å². The normalized spacial score (nSPS) is 18.3. The Kier molecular flexibility index (Phi) is 5.67. The van der Waals surface area contributed by atoms with Crippen molar-refractivity contribution in [1.29, 1.82) is 0 Å². The highest BCUT2D eigenvalue weighted by atomic mass is 16.2. The van der Waals surface area contributed by atoms with Gasteiger partial charge in [-0.15, -0.1) is 0 Å². The van der Waals surface area contributed by atoms with Crippen molar-refractivity contribution in [3.63, 3.8) is 0 Å². The minimum atomic E-state index is 0.142. The second-order valence-corrected chi connectivity index (χ2v) is 6.52. The summed E-state index contributed by atoms with van der Waals surface area (Å²) in [5.74, 6) is 1.77. The first-order valence-corrected chi connectivity index (χ1v) is 8.97. The molecule has 6 heteroatoms. The SMILES string of the molecule is CC(=O)N1CCN(c2nccc(NCCC3=CCCCC3)n2)CC1. The Morgan fingerprint density at radius 1 is 1.25 bits per heavy atom. The van der Waals surface area contributed by atoms with Crippen LogP contribution >= 0.6 is 0 Å². The molecule has 1 aliphatic heterocycles. The molecule has 3 rings (SSSR count). The highest BCUT2D eigenvalue weighted by Crippen LogP contribution is 2.20. The van der Waals surface area contributed by atoms with Crippen LogP contribution in [0, 0.1) is 0 Å². The number of carbonyl (C=O) groups excluding carboxylic acids is 1. The van der Waals surface area contributed by atoms with Gasteiger partial charge in [-0.2, -0.15) is 4.98 Å². The maximum atomic E-state index is 11.4. The molecule has 130 valence electrons. The summed E-state index contributed by atoms with van der Waals surface area (Å²) < 4.78 is 0. The summed E-state index contributed by atoms with van der Waals surface area (Å²) in [5, 5.41) is 3.42. The maximum Gasteiger partial charge on any atom is 0.227 e. The lowest BCUT2D eigenvalue weighted by molar-refractivity contribution is -0.129. The number of piperazine rings is 1. The summed E-state index contributed by atoms with van der Waals surface area (Å²) in [5.41, 5.74) is 1.57. The Morgan fingerprint density at radius 3 is 2.79 bits per heavy atom. The minimum absolute atomic E-state index is 0.142. The van der Waals surface area contributed by atoms with Crippen LogP contribution in [0.1, 0.15) is 39.0 Å². The molecule has 0 unspecified atom stereocenters. The van der Waals surface area contributed by atoms with E-state index in [0.29, 0.717) is 0 Å². The molecule has 6 nitrogen and oxygen atoms in total. The second kappa shape index (κ2) is 8.13. The number of rotatable bonds is 5. The third kappa shape index (κ3) is 4.46. The van der Waals surface area contributed by atoms with Crippen LogP contribution in [0.2, 0.25) is 0 Å². The summed E-state index contributed by atoms with van der Waals surface area (Å²) >= 11 is 0. The summed E-state index contributed by atoms with van der Waals surface area (Å²) in [6.45, 7) is 5.60. The third-order valence-electron chi connectivity index (χ3n) is 4.79. The van der Waals surface area contributed by atoms with Gasteiger partial charge in [0.05, 0.1) is 0 Å². The summed E-state index contributed by atoms with van der Waals surface area (Å²) in [4.78, 5) is 24.4. The van der Waals surface area contributed by atoms with Crippen LogP contribution < -0.4 is 10.2 Å². The first-order valence-electron chi connectivity index (χ1n) is 8.97. The van der Waals surface area contributed by atoms with Gasteiger partial charge in [-0.3, -0.25) is 4.79 Å². The third-order valence-corrected chi connectivity index (χ3v) is 4.79. The van der Waals surface area contributed by atoms with E-state index in [-0.39, 0.29) is 5.91 Å². The molecule has 2 aliphatic rings. The van der Waals surface area contributed by atoms with Gasteiger partial charge in [0.1, 0.15) is 5.82 Å². The van der Waals surface area contributed by atoms with E-state index >= 15 is 0 Å². The number of hydrogen-bond acceptors (Lipinski definition) is 5. The molecule has 0 atom stereocenters. The van der Waals surface area contributed by atoms with Crippen LogP contribution in [0.25, 0.3) is 0 Å². The Morgan fingerprint density at radius 2 is 2.08 bits per heavy atom. The zero-order chi connectivity index (χ0) is 16.8. The zero-order valence-corrected chi connectivity index (χ0v) is 14.5. The molecule has 0 radical (unpaired) electrons. The van der Waals surface area contributed by atoms with E-state index in [0.717, 1.165) is 50.9 Å². The highest BCUT2D eigenvalue weighted by molar-refractivity contribution is 5.73. The van der Waals surface area contributed by atoms with Crippen molar-refractivity contribution < 1.29 is 4.79 Å². The van der Waals surface area contributed by atoms with E-state index in [4.69, 9.17) is 0 Å². The molecule has 2 heterocycles. The average molecular weight is 329 g/mol. The van der Waals surface area contributed by atoms with E-state index in [9.17, 15) is 4.79 Å². The molecule has 1 amide bonds. The van der Waals surface area contributed by atoms with Gasteiger partial charge in [-0.05, 0) is 38.2 Å². The molecule has 1 aromatic rings. The van der Waals surface area contributed by atoms with Crippen LogP contribution in [0.15, 0.2) is 23.9 Å². The lowest BCUT2D eigenvalue weighted by atomic mass is 9.97. The summed E-state index contributed by atoms with van der Waals surface area (Å²) in [6, 6.07) is 1.92. The van der Waals surface area contributed by atoms with Gasteiger partial charge in [-0.1, -0.05) is 11.6 Å². The Balaban J connectivity index is 1.51. The van der Waals surface area contributed by atoms with Crippen LogP contribution in [-0.2, 0) is 4.79 Å². The van der Waals surface area contributed by atoms with Gasteiger partial charge in [-0.25, -0.2) is 4.98 Å². The smallest absolute Gasteiger partial charge is 0.227 e. The first kappa shape index (κ1) is 16.7. The number of allylic oxidation sites excluding steroid dienone is 1. The summed E-state index contributed by atoms with van der Waals surface area (Å²) in [7, 11) is 0. The molecule has 1 aliphatic carbocycles. The van der Waals surface area contributed by atoms with Crippen molar-refractivity contribution in [1.82, 2.24) is 14.9 Å². The molecule has 24 heavy (non-hydrogen) atoms. The van der Waals surface area contributed by atoms with Crippen molar-refractivity contribution in [2.75, 3.05) is 42.9 Å². The summed E-state index contributed by atoms with van der Waals surface area (Å²) in [6.07, 6.45) is 10.4. The number of hydrogen-bond donors (Lipinski definition) is 1. The number of carbonyl (C=O) groups is 1. The molecular weight excluding hydrogens is 302 g/mol. The Bertz CT molecular complexity index is 593. The number of nitrogens with one attached hydrogen (secondary N) is 1. The fourth-order valence-corrected chi connectivity index (χ4v) is 3.30. The molecule has 1 fully saturated rings. The molecular formula is C18H27N5O. The topological polar surface area (TPSA) is 61.4 Å². The van der Waals surface area contributed by atoms with E-state index in [1.807, 2.05) is 17.2 Å². The van der Waals surface area contributed by atoms with Gasteiger partial charge >= 0.3 is 0 Å². The molecule has 1 N–H and O–H groups in total. The van der Waals surface area contributed by atoms with Gasteiger partial charge in [0.25, 0.3) is 0 Å². The highest BCUT2D eigenvalue weighted by Gasteiger charge is 2.20. The van der Waals surface area contributed by atoms with Crippen molar-refractivity contribution in [2.24, 2.45) is 0 Å². The zero-order valence-electron chi connectivity index (χ0n) is 14.5. The van der Waals surface area contributed by atoms with Crippen molar-refractivity contribution >= 4 is 17.7 Å². The standard InChI is InChI=1S/C18H27N5O/c1-15(24)22-11-13-23(14-12-22)18-20-10-8-17(21-18)19-9-7-16-5-3-2-4-6-16/h5,8,10H,2-4,6-7,9,11-14H2,1H3,(H,19,20,21). The van der Waals surface area contributed by atoms with Crippen LogP contribution in [0.5, 0.6) is 0 Å². The Hall–Kier alpha value is -2.11. The van der Waals surface area contributed by atoms with Crippen molar-refractivity contribution in [3.8, 4) is 0 Å². The van der Waals surface area contributed by atoms with E-state index in [2.05, 4.69) is 26.3 Å². The number of nitrogens with zero attached hydrogens (tertiary/aromatic N) is 4. The van der Waals surface area contributed by atoms with Gasteiger partial charge in [0.2, 0.25) is 11.9 Å². The fourth-order valence-electron chi connectivity index (χ4n) is 3.30. The molecule has 0 saturated carbocycles. The number of amides is 1. The lowest BCUT2D eigenvalue weighted by Gasteiger charge is -2.34. The number of aromatic nitrogens is 2. The second-order valence-electron chi connectivity index (χ2n) is 6.52. The van der Waals surface area contributed by atoms with Gasteiger partial charge < -0.3 is 15.1 Å². The van der Waals surface area contributed by atoms with Crippen molar-refractivity contribution in [2.45, 2.75) is 39.0 Å². The van der Waals surface area contributed by atoms with Crippen LogP contribution in [-0.4, -0.2) is 53.5 Å². The van der Waals surface area contributed by atoms with E-state index < -0.39 is 0 Å². The van der Waals surface area contributed by atoms with E-state index in [1.165, 1.54) is 25.7 Å². The Labute approximate surface area is 144 Å². The predicted octanol–water partition coefficient (Wildman–Crippen LogP) is 2.45. The molecule has 1 saturated heterocycles. The van der Waals surface area contributed by atoms with Gasteiger partial charge in [0.15, 0.2) is 0 Å². The predicted molar refractivity (Wildman–Crippen MR) is 96.2 cm³/mol. The molecule has 1 aromatic heterocycles. The monoisotopic (exact) mass is 329 g/mol.